The average molecular weight is 329 g/mol. The molecule has 0 aromatic carbocycles. The topological polar surface area (TPSA) is 45.7 Å². The van der Waals surface area contributed by atoms with Gasteiger partial charge in [0.25, 0.3) is 5.91 Å². The number of carbonyl (C=O) groups excluding carboxylic acids is 1. The van der Waals surface area contributed by atoms with Crippen LogP contribution in [0.2, 0.25) is 0 Å². The van der Waals surface area contributed by atoms with E-state index in [2.05, 4.69) is 9.88 Å². The van der Waals surface area contributed by atoms with E-state index in [1.165, 1.54) is 38.9 Å². The number of likely N-dealkylation sites (tertiary alicyclic amines) is 2. The fraction of sp³-hybridized carbons (Fsp3) is 0.684. The summed E-state index contributed by atoms with van der Waals surface area (Å²) in [5.74, 6) is 0.684. The SMILES string of the molecule is Cc1cncc(C(=O)N2CC3(C2)OCCC3CCN2CCCC2)c1. The van der Waals surface area contributed by atoms with Crippen molar-refractivity contribution in [2.24, 2.45) is 5.92 Å². The number of hydrogen-bond acceptors (Lipinski definition) is 4. The van der Waals surface area contributed by atoms with Gasteiger partial charge >= 0.3 is 0 Å². The third kappa shape index (κ3) is 2.95. The Morgan fingerprint density at radius 1 is 1.33 bits per heavy atom. The van der Waals surface area contributed by atoms with Crippen molar-refractivity contribution in [3.8, 4) is 0 Å². The minimum atomic E-state index is -0.0767. The molecule has 0 aliphatic carbocycles. The maximum absolute atomic E-state index is 12.6. The van der Waals surface area contributed by atoms with Gasteiger partial charge in [-0.2, -0.15) is 0 Å². The zero-order chi connectivity index (χ0) is 16.6. The van der Waals surface area contributed by atoms with Crippen LogP contribution in [0.15, 0.2) is 18.5 Å². The summed E-state index contributed by atoms with van der Waals surface area (Å²) in [7, 11) is 0. The Morgan fingerprint density at radius 2 is 2.12 bits per heavy atom. The second kappa shape index (κ2) is 6.45. The van der Waals surface area contributed by atoms with Crippen molar-refractivity contribution >= 4 is 5.91 Å². The molecular weight excluding hydrogens is 302 g/mol. The lowest BCUT2D eigenvalue weighted by Crippen LogP contribution is -2.66. The quantitative estimate of drug-likeness (QED) is 0.849. The van der Waals surface area contributed by atoms with Gasteiger partial charge in [0, 0.05) is 19.0 Å². The van der Waals surface area contributed by atoms with Crippen LogP contribution in [0.5, 0.6) is 0 Å². The van der Waals surface area contributed by atoms with E-state index in [1.807, 2.05) is 17.9 Å². The first-order valence-corrected chi connectivity index (χ1v) is 9.24. The van der Waals surface area contributed by atoms with Crippen molar-refractivity contribution in [1.82, 2.24) is 14.8 Å². The molecule has 130 valence electrons. The summed E-state index contributed by atoms with van der Waals surface area (Å²) in [6, 6.07) is 1.92. The molecule has 1 spiro atoms. The number of ether oxygens (including phenoxy) is 1. The molecule has 3 saturated heterocycles. The zero-order valence-corrected chi connectivity index (χ0v) is 14.5. The van der Waals surface area contributed by atoms with Gasteiger partial charge in [0.05, 0.1) is 18.7 Å². The molecular formula is C19H27N3O2. The fourth-order valence-corrected chi connectivity index (χ4v) is 4.48. The number of nitrogens with zero attached hydrogens (tertiary/aromatic N) is 3. The Labute approximate surface area is 144 Å². The van der Waals surface area contributed by atoms with Crippen molar-refractivity contribution in [2.75, 3.05) is 39.3 Å². The first-order chi connectivity index (χ1) is 11.7. The first-order valence-electron chi connectivity index (χ1n) is 9.24. The van der Waals surface area contributed by atoms with Crippen LogP contribution in [-0.2, 0) is 4.74 Å². The molecule has 1 amide bonds. The highest BCUT2D eigenvalue weighted by Gasteiger charge is 2.54. The Morgan fingerprint density at radius 3 is 2.88 bits per heavy atom. The molecule has 3 aliphatic heterocycles. The van der Waals surface area contributed by atoms with Gasteiger partial charge < -0.3 is 14.5 Å². The molecule has 5 nitrogen and oxygen atoms in total. The van der Waals surface area contributed by atoms with Crippen LogP contribution in [0, 0.1) is 12.8 Å². The summed E-state index contributed by atoms with van der Waals surface area (Å²) in [4.78, 5) is 21.3. The summed E-state index contributed by atoms with van der Waals surface area (Å²) in [6.07, 6.45) is 8.48. The lowest BCUT2D eigenvalue weighted by Gasteiger charge is -2.50. The van der Waals surface area contributed by atoms with Crippen molar-refractivity contribution < 1.29 is 9.53 Å². The monoisotopic (exact) mass is 329 g/mol. The highest BCUT2D eigenvalue weighted by Crippen LogP contribution is 2.42. The molecule has 3 fully saturated rings. The predicted molar refractivity (Wildman–Crippen MR) is 92.0 cm³/mol. The van der Waals surface area contributed by atoms with E-state index in [0.29, 0.717) is 11.5 Å². The van der Waals surface area contributed by atoms with Gasteiger partial charge in [0.1, 0.15) is 5.60 Å². The Hall–Kier alpha value is -1.46. The predicted octanol–water partition coefficient (Wildman–Crippen LogP) is 2.11. The number of hydrogen-bond donors (Lipinski definition) is 0. The lowest BCUT2D eigenvalue weighted by atomic mass is 9.78. The Kier molecular flexibility index (Phi) is 4.31. The molecule has 0 saturated carbocycles. The Balaban J connectivity index is 1.34. The van der Waals surface area contributed by atoms with Gasteiger partial charge in [-0.05, 0) is 69.8 Å². The molecule has 1 aromatic heterocycles. The number of aryl methyl sites for hydroxylation is 1. The van der Waals surface area contributed by atoms with Gasteiger partial charge in [-0.1, -0.05) is 0 Å². The summed E-state index contributed by atoms with van der Waals surface area (Å²) in [5, 5.41) is 0. The highest BCUT2D eigenvalue weighted by molar-refractivity contribution is 5.94. The molecule has 1 aromatic rings. The van der Waals surface area contributed by atoms with Gasteiger partial charge in [0.2, 0.25) is 0 Å². The maximum Gasteiger partial charge on any atom is 0.255 e. The summed E-state index contributed by atoms with van der Waals surface area (Å²) in [6.45, 7) is 7.99. The van der Waals surface area contributed by atoms with Gasteiger partial charge in [-0.25, -0.2) is 0 Å². The number of pyridine rings is 1. The summed E-state index contributed by atoms with van der Waals surface area (Å²) < 4.78 is 6.12. The van der Waals surface area contributed by atoms with Crippen LogP contribution in [-0.4, -0.2) is 65.6 Å². The molecule has 1 unspecified atom stereocenters. The number of carbonyl (C=O) groups is 1. The van der Waals surface area contributed by atoms with Crippen molar-refractivity contribution in [3.63, 3.8) is 0 Å². The van der Waals surface area contributed by atoms with Crippen LogP contribution < -0.4 is 0 Å². The second-order valence-electron chi connectivity index (χ2n) is 7.65. The van der Waals surface area contributed by atoms with E-state index < -0.39 is 0 Å². The largest absolute Gasteiger partial charge is 0.371 e. The van der Waals surface area contributed by atoms with Gasteiger partial charge in [0.15, 0.2) is 0 Å². The van der Waals surface area contributed by atoms with Gasteiger partial charge in [-0.15, -0.1) is 0 Å². The van der Waals surface area contributed by atoms with E-state index in [4.69, 9.17) is 4.74 Å². The summed E-state index contributed by atoms with van der Waals surface area (Å²) >= 11 is 0. The van der Waals surface area contributed by atoms with Crippen molar-refractivity contribution in [3.05, 3.63) is 29.6 Å². The molecule has 3 aliphatic rings. The van der Waals surface area contributed by atoms with E-state index in [9.17, 15) is 4.79 Å². The average Bonchev–Trinajstić information content (AvgIpc) is 3.20. The van der Waals surface area contributed by atoms with Gasteiger partial charge in [-0.3, -0.25) is 9.78 Å². The maximum atomic E-state index is 12.6. The number of rotatable bonds is 4. The molecule has 5 heteroatoms. The van der Waals surface area contributed by atoms with E-state index >= 15 is 0 Å². The fourth-order valence-electron chi connectivity index (χ4n) is 4.48. The molecule has 0 radical (unpaired) electrons. The van der Waals surface area contributed by atoms with Crippen molar-refractivity contribution in [1.29, 1.82) is 0 Å². The van der Waals surface area contributed by atoms with Crippen LogP contribution in [0.4, 0.5) is 0 Å². The molecule has 1 atom stereocenters. The van der Waals surface area contributed by atoms with Crippen molar-refractivity contribution in [2.45, 2.75) is 38.2 Å². The third-order valence-corrected chi connectivity index (χ3v) is 5.92. The highest BCUT2D eigenvalue weighted by atomic mass is 16.5. The van der Waals surface area contributed by atoms with Crippen LogP contribution in [0.1, 0.15) is 41.6 Å². The normalized spacial score (nSPS) is 26.0. The molecule has 0 bridgehead atoms. The summed E-state index contributed by atoms with van der Waals surface area (Å²) in [5.41, 5.74) is 1.64. The molecule has 24 heavy (non-hydrogen) atoms. The number of amides is 1. The minimum Gasteiger partial charge on any atom is -0.371 e. The molecule has 0 N–H and O–H groups in total. The van der Waals surface area contributed by atoms with Crippen LogP contribution in [0.25, 0.3) is 0 Å². The standard InChI is InChI=1S/C19H27N3O2/c1-15-10-16(12-20-11-15)18(23)22-13-19(14-22)17(5-9-24-19)4-8-21-6-2-3-7-21/h10-12,17H,2-9,13-14H2,1H3. The first kappa shape index (κ1) is 16.0. The van der Waals surface area contributed by atoms with E-state index in [0.717, 1.165) is 31.7 Å². The van der Waals surface area contributed by atoms with Crippen LogP contribution in [0.3, 0.4) is 0 Å². The second-order valence-corrected chi connectivity index (χ2v) is 7.65. The minimum absolute atomic E-state index is 0.0767. The van der Waals surface area contributed by atoms with E-state index in [-0.39, 0.29) is 11.5 Å². The smallest absolute Gasteiger partial charge is 0.255 e. The Bertz CT molecular complexity index is 606. The van der Waals surface area contributed by atoms with E-state index in [1.54, 1.807) is 12.4 Å². The lowest BCUT2D eigenvalue weighted by molar-refractivity contribution is -0.118. The van der Waals surface area contributed by atoms with Crippen LogP contribution >= 0.6 is 0 Å². The third-order valence-electron chi connectivity index (χ3n) is 5.92. The number of aromatic nitrogens is 1. The molecule has 4 heterocycles. The zero-order valence-electron chi connectivity index (χ0n) is 14.5. The molecule has 4 rings (SSSR count).